The zero-order valence-corrected chi connectivity index (χ0v) is 18.3. The first-order chi connectivity index (χ1) is 15.1. The normalized spacial score (nSPS) is 17.9. The highest BCUT2D eigenvalue weighted by atomic mass is 16.4. The topological polar surface area (TPSA) is 60.8 Å². The van der Waals surface area contributed by atoms with E-state index in [2.05, 4.69) is 47.4 Å². The average Bonchev–Trinajstić information content (AvgIpc) is 3.22. The quantitative estimate of drug-likeness (QED) is 0.357. The first kappa shape index (κ1) is 23.2. The van der Waals surface area contributed by atoms with Gasteiger partial charge < -0.3 is 10.2 Å². The molecule has 4 heteroatoms. The smallest absolute Gasteiger partial charge is 0.303 e. The van der Waals surface area contributed by atoms with Crippen LogP contribution in [0.4, 0.5) is 0 Å². The van der Waals surface area contributed by atoms with Crippen LogP contribution >= 0.6 is 0 Å². The van der Waals surface area contributed by atoms with Crippen LogP contribution in [0.1, 0.15) is 67.7 Å². The minimum absolute atomic E-state index is 0.277. The van der Waals surface area contributed by atoms with Crippen LogP contribution in [0, 0.1) is 0 Å². The lowest BCUT2D eigenvalue weighted by Crippen LogP contribution is -2.28. The summed E-state index contributed by atoms with van der Waals surface area (Å²) in [6, 6.07) is 19.0. The first-order valence-corrected chi connectivity index (χ1v) is 11.6. The molecule has 166 valence electrons. The van der Waals surface area contributed by atoms with Gasteiger partial charge in [0.15, 0.2) is 0 Å². The summed E-state index contributed by atoms with van der Waals surface area (Å²) >= 11 is 0. The van der Waals surface area contributed by atoms with Crippen LogP contribution < -0.4 is 0 Å². The Labute approximate surface area is 186 Å². The number of unbranched alkanes of at least 4 members (excludes halogenated alkanes) is 3. The molecule has 1 aliphatic rings. The summed E-state index contributed by atoms with van der Waals surface area (Å²) in [4.78, 5) is 13.1. The molecular weight excluding hydrogens is 386 g/mol. The summed E-state index contributed by atoms with van der Waals surface area (Å²) in [5, 5.41) is 19.4. The highest BCUT2D eigenvalue weighted by molar-refractivity contribution is 5.66. The largest absolute Gasteiger partial charge is 0.481 e. The van der Waals surface area contributed by atoms with Gasteiger partial charge in [-0.2, -0.15) is 0 Å². The molecule has 2 N–H and O–H groups in total. The van der Waals surface area contributed by atoms with E-state index in [1.165, 1.54) is 17.5 Å². The number of aliphatic hydroxyl groups excluding tert-OH is 1. The van der Waals surface area contributed by atoms with Crippen LogP contribution in [0.2, 0.25) is 0 Å². The van der Waals surface area contributed by atoms with E-state index in [9.17, 15) is 9.90 Å². The molecule has 0 bridgehead atoms. The second-order valence-corrected chi connectivity index (χ2v) is 8.54. The highest BCUT2D eigenvalue weighted by Gasteiger charge is 2.21. The number of nitrogens with zero attached hydrogens (tertiary/aromatic N) is 1. The molecule has 0 aromatic heterocycles. The summed E-state index contributed by atoms with van der Waals surface area (Å²) < 4.78 is 0. The molecule has 4 nitrogen and oxygen atoms in total. The summed E-state index contributed by atoms with van der Waals surface area (Å²) in [6.07, 6.45) is 10.9. The molecule has 0 saturated carbocycles. The minimum Gasteiger partial charge on any atom is -0.481 e. The Balaban J connectivity index is 1.47. The fraction of sp³-hybridized carbons (Fsp3) is 0.444. The maximum absolute atomic E-state index is 10.7. The molecule has 3 rings (SSSR count). The van der Waals surface area contributed by atoms with E-state index in [0.29, 0.717) is 6.04 Å². The molecule has 0 radical (unpaired) electrons. The van der Waals surface area contributed by atoms with E-state index in [-0.39, 0.29) is 6.42 Å². The van der Waals surface area contributed by atoms with E-state index >= 15 is 0 Å². The van der Waals surface area contributed by atoms with Crippen molar-refractivity contribution in [2.45, 2.75) is 63.5 Å². The molecule has 0 aliphatic carbocycles. The summed E-state index contributed by atoms with van der Waals surface area (Å²) in [5.41, 5.74) is 3.42. The molecule has 1 saturated heterocycles. The van der Waals surface area contributed by atoms with Gasteiger partial charge >= 0.3 is 5.97 Å². The van der Waals surface area contributed by atoms with Gasteiger partial charge in [-0.15, -0.1) is 0 Å². The van der Waals surface area contributed by atoms with Crippen LogP contribution in [0.25, 0.3) is 0 Å². The molecule has 0 unspecified atom stereocenters. The second-order valence-electron chi connectivity index (χ2n) is 8.54. The molecule has 1 fully saturated rings. The van der Waals surface area contributed by atoms with Gasteiger partial charge in [0, 0.05) is 12.5 Å². The average molecular weight is 422 g/mol. The van der Waals surface area contributed by atoms with E-state index in [1.807, 2.05) is 24.3 Å². The molecule has 2 atom stereocenters. The third-order valence-electron chi connectivity index (χ3n) is 6.06. The van der Waals surface area contributed by atoms with Gasteiger partial charge in [-0.3, -0.25) is 9.69 Å². The van der Waals surface area contributed by atoms with E-state index in [4.69, 9.17) is 5.11 Å². The number of aliphatic carboxylic acids is 1. The summed E-state index contributed by atoms with van der Waals surface area (Å²) in [5.74, 6) is -0.700. The maximum atomic E-state index is 10.7. The SMILES string of the molecule is O=C(O)CCCCCCN1CCC[C@@H]1/C=C/[C@@H](O)c1cccc(Cc2ccccc2)c1. The van der Waals surface area contributed by atoms with Gasteiger partial charge in [-0.25, -0.2) is 0 Å². The Morgan fingerprint density at radius 1 is 1.03 bits per heavy atom. The lowest BCUT2D eigenvalue weighted by Gasteiger charge is -2.22. The molecule has 2 aromatic rings. The van der Waals surface area contributed by atoms with Gasteiger partial charge in [0.25, 0.3) is 0 Å². The zero-order valence-electron chi connectivity index (χ0n) is 18.3. The van der Waals surface area contributed by atoms with Crippen molar-refractivity contribution in [2.75, 3.05) is 13.1 Å². The number of aliphatic hydroxyl groups is 1. The van der Waals surface area contributed by atoms with Crippen molar-refractivity contribution in [3.8, 4) is 0 Å². The first-order valence-electron chi connectivity index (χ1n) is 11.6. The third kappa shape index (κ3) is 7.97. The van der Waals surface area contributed by atoms with Crippen LogP contribution in [0.15, 0.2) is 66.7 Å². The van der Waals surface area contributed by atoms with Crippen LogP contribution in [-0.2, 0) is 11.2 Å². The fourth-order valence-electron chi connectivity index (χ4n) is 4.36. The van der Waals surface area contributed by atoms with Crippen LogP contribution in [0.3, 0.4) is 0 Å². The molecule has 1 aliphatic heterocycles. The van der Waals surface area contributed by atoms with Crippen molar-refractivity contribution in [3.63, 3.8) is 0 Å². The number of rotatable bonds is 12. The van der Waals surface area contributed by atoms with Crippen LogP contribution in [0.5, 0.6) is 0 Å². The van der Waals surface area contributed by atoms with Crippen molar-refractivity contribution < 1.29 is 15.0 Å². The van der Waals surface area contributed by atoms with Gasteiger partial charge in [0.1, 0.15) is 0 Å². The number of benzene rings is 2. The standard InChI is InChI=1S/C27H35NO3/c29-26(24-13-8-12-23(21-24)20-22-10-4-3-5-11-22)17-16-25-14-9-19-28(25)18-7-2-1-6-15-27(30)31/h3-5,8,10-13,16-17,21,25-26,29H,1-2,6-7,9,14-15,18-20H2,(H,30,31)/b17-16+/t25-,26-/m1/s1. The molecule has 2 aromatic carbocycles. The number of carboxylic acids is 1. The summed E-state index contributed by atoms with van der Waals surface area (Å²) in [7, 11) is 0. The Morgan fingerprint density at radius 2 is 1.81 bits per heavy atom. The Hall–Kier alpha value is -2.43. The van der Waals surface area contributed by atoms with Gasteiger partial charge in [0.05, 0.1) is 6.10 Å². The Kier molecular flexibility index (Phi) is 9.32. The number of hydrogen-bond donors (Lipinski definition) is 2. The molecule has 0 spiro atoms. The number of hydrogen-bond acceptors (Lipinski definition) is 3. The number of carbonyl (C=O) groups is 1. The number of carboxylic acid groups (broad SMARTS) is 1. The van der Waals surface area contributed by atoms with Crippen molar-refractivity contribution >= 4 is 5.97 Å². The zero-order chi connectivity index (χ0) is 21.9. The van der Waals surface area contributed by atoms with Crippen molar-refractivity contribution in [1.29, 1.82) is 0 Å². The van der Waals surface area contributed by atoms with Gasteiger partial charge in [0.2, 0.25) is 0 Å². The highest BCUT2D eigenvalue weighted by Crippen LogP contribution is 2.23. The molecular formula is C27H35NO3. The van der Waals surface area contributed by atoms with Crippen molar-refractivity contribution in [1.82, 2.24) is 4.90 Å². The van der Waals surface area contributed by atoms with E-state index in [1.54, 1.807) is 0 Å². The minimum atomic E-state index is -0.700. The Bertz CT molecular complexity index is 833. The Morgan fingerprint density at radius 3 is 2.61 bits per heavy atom. The molecule has 1 heterocycles. The van der Waals surface area contributed by atoms with Crippen molar-refractivity contribution in [2.24, 2.45) is 0 Å². The molecule has 31 heavy (non-hydrogen) atoms. The van der Waals surface area contributed by atoms with Gasteiger partial charge in [-0.1, -0.05) is 79.6 Å². The van der Waals surface area contributed by atoms with Gasteiger partial charge in [-0.05, 0) is 61.9 Å². The number of likely N-dealkylation sites (tertiary alicyclic amines) is 1. The monoisotopic (exact) mass is 421 g/mol. The molecule has 0 amide bonds. The maximum Gasteiger partial charge on any atom is 0.303 e. The third-order valence-corrected chi connectivity index (χ3v) is 6.06. The van der Waals surface area contributed by atoms with Crippen LogP contribution in [-0.4, -0.2) is 40.2 Å². The lowest BCUT2D eigenvalue weighted by molar-refractivity contribution is -0.137. The fourth-order valence-corrected chi connectivity index (χ4v) is 4.36. The predicted octanol–water partition coefficient (Wildman–Crippen LogP) is 5.37. The van der Waals surface area contributed by atoms with Crippen molar-refractivity contribution in [3.05, 3.63) is 83.4 Å². The second kappa shape index (κ2) is 12.4. The summed E-state index contributed by atoms with van der Waals surface area (Å²) in [6.45, 7) is 2.15. The van der Waals surface area contributed by atoms with E-state index < -0.39 is 12.1 Å². The lowest BCUT2D eigenvalue weighted by atomic mass is 10.00. The predicted molar refractivity (Wildman–Crippen MR) is 125 cm³/mol. The van der Waals surface area contributed by atoms with E-state index in [0.717, 1.165) is 57.2 Å².